The van der Waals surface area contributed by atoms with E-state index in [1.807, 2.05) is 6.07 Å². The maximum absolute atomic E-state index is 4.81. The summed E-state index contributed by atoms with van der Waals surface area (Å²) in [7, 11) is -1.31. The summed E-state index contributed by atoms with van der Waals surface area (Å²) < 4.78 is 0. The molecule has 18 heavy (non-hydrogen) atoms. The van der Waals surface area contributed by atoms with Gasteiger partial charge in [-0.25, -0.2) is 0 Å². The van der Waals surface area contributed by atoms with E-state index in [4.69, 9.17) is 4.98 Å². The average molecular weight is 255 g/mol. The van der Waals surface area contributed by atoms with Gasteiger partial charge in [-0.15, -0.1) is 0 Å². The number of hydrogen-bond acceptors (Lipinski definition) is 1. The van der Waals surface area contributed by atoms with Crippen LogP contribution in [0.15, 0.2) is 36.4 Å². The zero-order valence-corrected chi connectivity index (χ0v) is 12.9. The fourth-order valence-electron chi connectivity index (χ4n) is 2.72. The van der Waals surface area contributed by atoms with E-state index >= 15 is 0 Å². The molecule has 2 aromatic rings. The molecule has 0 aliphatic carbocycles. The van der Waals surface area contributed by atoms with Crippen LogP contribution in [0.2, 0.25) is 19.6 Å². The van der Waals surface area contributed by atoms with Crippen LogP contribution in [0, 0.1) is 13.8 Å². The molecule has 0 aliphatic heterocycles. The first-order valence-corrected chi connectivity index (χ1v) is 9.94. The Labute approximate surface area is 111 Å². The molecule has 1 aromatic heterocycles. The van der Waals surface area contributed by atoms with Crippen molar-refractivity contribution in [1.29, 1.82) is 0 Å². The van der Waals surface area contributed by atoms with Crippen LogP contribution < -0.4 is 5.19 Å². The summed E-state index contributed by atoms with van der Waals surface area (Å²) in [5.41, 5.74) is 4.88. The first kappa shape index (κ1) is 13.0. The molecule has 2 rings (SSSR count). The van der Waals surface area contributed by atoms with Crippen LogP contribution in [0.5, 0.6) is 0 Å². The van der Waals surface area contributed by atoms with Crippen molar-refractivity contribution in [2.75, 3.05) is 0 Å². The summed E-state index contributed by atoms with van der Waals surface area (Å²) in [5, 5.41) is 1.50. The molecular weight excluding hydrogens is 234 g/mol. The highest BCUT2D eigenvalue weighted by Crippen LogP contribution is 2.19. The molecule has 94 valence electrons. The third kappa shape index (κ3) is 2.54. The third-order valence-electron chi connectivity index (χ3n) is 3.22. The maximum atomic E-state index is 4.81. The highest BCUT2D eigenvalue weighted by molar-refractivity contribution is 6.89. The Hall–Kier alpha value is -1.41. The van der Waals surface area contributed by atoms with E-state index in [-0.39, 0.29) is 0 Å². The zero-order valence-electron chi connectivity index (χ0n) is 11.9. The van der Waals surface area contributed by atoms with Crippen molar-refractivity contribution in [3.05, 3.63) is 47.7 Å². The van der Waals surface area contributed by atoms with E-state index in [0.717, 1.165) is 5.69 Å². The van der Waals surface area contributed by atoms with Crippen LogP contribution in [-0.2, 0) is 0 Å². The molecular formula is C16H21NSi. The van der Waals surface area contributed by atoms with Crippen molar-refractivity contribution < 1.29 is 0 Å². The highest BCUT2D eigenvalue weighted by Gasteiger charge is 2.22. The summed E-state index contributed by atoms with van der Waals surface area (Å²) >= 11 is 0. The molecule has 0 amide bonds. The van der Waals surface area contributed by atoms with Crippen molar-refractivity contribution in [3.63, 3.8) is 0 Å². The quantitative estimate of drug-likeness (QED) is 0.741. The Morgan fingerprint density at radius 1 is 0.944 bits per heavy atom. The van der Waals surface area contributed by atoms with Crippen molar-refractivity contribution >= 4 is 13.3 Å². The number of hydrogen-bond donors (Lipinski definition) is 0. The number of aryl methyl sites for hydroxylation is 2. The van der Waals surface area contributed by atoms with Crippen molar-refractivity contribution in [2.45, 2.75) is 33.5 Å². The second-order valence-electron chi connectivity index (χ2n) is 5.90. The van der Waals surface area contributed by atoms with Crippen molar-refractivity contribution in [3.8, 4) is 11.3 Å². The van der Waals surface area contributed by atoms with E-state index in [9.17, 15) is 0 Å². The molecule has 0 bridgehead atoms. The van der Waals surface area contributed by atoms with Crippen molar-refractivity contribution in [1.82, 2.24) is 4.98 Å². The lowest BCUT2D eigenvalue weighted by Gasteiger charge is -2.22. The Morgan fingerprint density at radius 2 is 1.56 bits per heavy atom. The SMILES string of the molecule is Cc1cc(-c2ccccc2)nc(C)c1[Si](C)(C)C. The van der Waals surface area contributed by atoms with Gasteiger partial charge in [0.15, 0.2) is 0 Å². The molecule has 0 atom stereocenters. The minimum absolute atomic E-state index is 1.09. The fraction of sp³-hybridized carbons (Fsp3) is 0.312. The first-order chi connectivity index (χ1) is 8.39. The predicted molar refractivity (Wildman–Crippen MR) is 82.1 cm³/mol. The van der Waals surface area contributed by atoms with Crippen molar-refractivity contribution in [2.24, 2.45) is 0 Å². The predicted octanol–water partition coefficient (Wildman–Crippen LogP) is 3.91. The van der Waals surface area contributed by atoms with E-state index < -0.39 is 8.07 Å². The van der Waals surface area contributed by atoms with Gasteiger partial charge in [0.05, 0.1) is 13.8 Å². The van der Waals surface area contributed by atoms with Crippen LogP contribution in [-0.4, -0.2) is 13.1 Å². The molecule has 0 radical (unpaired) electrons. The lowest BCUT2D eigenvalue weighted by atomic mass is 10.1. The van der Waals surface area contributed by atoms with E-state index in [1.54, 1.807) is 0 Å². The standard InChI is InChI=1S/C16H21NSi/c1-12-11-15(14-9-7-6-8-10-14)17-13(2)16(12)18(3,4)5/h6-11H,1-5H3. The number of nitrogens with zero attached hydrogens (tertiary/aromatic N) is 1. The van der Waals surface area contributed by atoms with E-state index in [2.05, 4.69) is 63.8 Å². The zero-order chi connectivity index (χ0) is 13.3. The number of aromatic nitrogens is 1. The lowest BCUT2D eigenvalue weighted by Crippen LogP contribution is -2.42. The molecule has 0 aliphatic rings. The van der Waals surface area contributed by atoms with Gasteiger partial charge in [-0.1, -0.05) is 50.0 Å². The van der Waals surface area contributed by atoms with Gasteiger partial charge >= 0.3 is 0 Å². The largest absolute Gasteiger partial charge is 0.253 e. The Balaban J connectivity index is 2.57. The molecule has 1 heterocycles. The highest BCUT2D eigenvalue weighted by atomic mass is 28.3. The van der Waals surface area contributed by atoms with Gasteiger partial charge in [0.25, 0.3) is 0 Å². The monoisotopic (exact) mass is 255 g/mol. The summed E-state index contributed by atoms with van der Waals surface area (Å²) in [5.74, 6) is 0. The average Bonchev–Trinajstić information content (AvgIpc) is 2.27. The van der Waals surface area contributed by atoms with Gasteiger partial charge in [0.1, 0.15) is 0 Å². The minimum atomic E-state index is -1.31. The fourth-order valence-corrected chi connectivity index (χ4v) is 5.12. The van der Waals surface area contributed by atoms with Gasteiger partial charge in [0.2, 0.25) is 0 Å². The van der Waals surface area contributed by atoms with Gasteiger partial charge in [-0.05, 0) is 30.7 Å². The summed E-state index contributed by atoms with van der Waals surface area (Å²) in [4.78, 5) is 4.81. The normalized spacial score (nSPS) is 11.6. The summed E-state index contributed by atoms with van der Waals surface area (Å²) in [6.07, 6.45) is 0. The molecule has 1 aromatic carbocycles. The molecule has 1 nitrogen and oxygen atoms in total. The second kappa shape index (κ2) is 4.69. The number of pyridine rings is 1. The van der Waals surface area contributed by atoms with E-state index in [0.29, 0.717) is 0 Å². The maximum Gasteiger partial charge on any atom is 0.0803 e. The topological polar surface area (TPSA) is 12.9 Å². The van der Waals surface area contributed by atoms with Crippen LogP contribution in [0.1, 0.15) is 11.3 Å². The van der Waals surface area contributed by atoms with Crippen LogP contribution in [0.3, 0.4) is 0 Å². The summed E-state index contributed by atoms with van der Waals surface area (Å²) in [6, 6.07) is 12.6. The lowest BCUT2D eigenvalue weighted by molar-refractivity contribution is 1.20. The van der Waals surface area contributed by atoms with Gasteiger partial charge < -0.3 is 0 Å². The molecule has 0 spiro atoms. The van der Waals surface area contributed by atoms with Gasteiger partial charge in [-0.2, -0.15) is 0 Å². The van der Waals surface area contributed by atoms with E-state index in [1.165, 1.54) is 22.0 Å². The molecule has 2 heteroatoms. The molecule has 0 fully saturated rings. The van der Waals surface area contributed by atoms with Crippen LogP contribution >= 0.6 is 0 Å². The minimum Gasteiger partial charge on any atom is -0.253 e. The molecule has 0 saturated heterocycles. The molecule has 0 N–H and O–H groups in total. The molecule has 0 unspecified atom stereocenters. The van der Waals surface area contributed by atoms with Gasteiger partial charge in [0, 0.05) is 11.3 Å². The second-order valence-corrected chi connectivity index (χ2v) is 10.9. The Kier molecular flexibility index (Phi) is 3.40. The Morgan fingerprint density at radius 3 is 2.06 bits per heavy atom. The smallest absolute Gasteiger partial charge is 0.0803 e. The number of benzene rings is 1. The Bertz CT molecular complexity index is 530. The first-order valence-electron chi connectivity index (χ1n) is 6.44. The van der Waals surface area contributed by atoms with Crippen LogP contribution in [0.4, 0.5) is 0 Å². The number of rotatable bonds is 2. The molecule has 0 saturated carbocycles. The third-order valence-corrected chi connectivity index (χ3v) is 5.47. The summed E-state index contributed by atoms with van der Waals surface area (Å²) in [6.45, 7) is 11.5. The van der Waals surface area contributed by atoms with Crippen LogP contribution in [0.25, 0.3) is 11.3 Å². The van der Waals surface area contributed by atoms with Gasteiger partial charge in [-0.3, -0.25) is 4.98 Å².